The van der Waals surface area contributed by atoms with Crippen LogP contribution in [0, 0.1) is 5.92 Å². The standard InChI is InChI=1S/C20H22N2O2/c1-14(20(24)22-18-10-5-11-21-13-18)16-8-4-9-17(12-16)19(23)15-6-2-3-7-15/h4-5,8-15H,2-3,6-7H2,1H3,(H,22,24). The Morgan fingerprint density at radius 3 is 2.67 bits per heavy atom. The first-order valence-electron chi connectivity index (χ1n) is 8.50. The molecule has 1 N–H and O–H groups in total. The average Bonchev–Trinajstić information content (AvgIpc) is 3.16. The van der Waals surface area contributed by atoms with Gasteiger partial charge in [-0.15, -0.1) is 0 Å². The third-order valence-corrected chi connectivity index (χ3v) is 4.72. The number of anilines is 1. The van der Waals surface area contributed by atoms with Crippen LogP contribution < -0.4 is 5.32 Å². The molecule has 0 radical (unpaired) electrons. The smallest absolute Gasteiger partial charge is 0.231 e. The summed E-state index contributed by atoms with van der Waals surface area (Å²) in [6, 6.07) is 11.1. The van der Waals surface area contributed by atoms with Gasteiger partial charge in [-0.3, -0.25) is 14.6 Å². The third kappa shape index (κ3) is 3.70. The van der Waals surface area contributed by atoms with Crippen LogP contribution in [0.5, 0.6) is 0 Å². The number of rotatable bonds is 5. The largest absolute Gasteiger partial charge is 0.324 e. The van der Waals surface area contributed by atoms with E-state index in [1.165, 1.54) is 0 Å². The summed E-state index contributed by atoms with van der Waals surface area (Å²) in [4.78, 5) is 29.0. The molecule has 1 aromatic carbocycles. The number of Topliss-reactive ketones (excluding diaryl/α,β-unsaturated/α-hetero) is 1. The highest BCUT2D eigenvalue weighted by atomic mass is 16.2. The number of hydrogen-bond donors (Lipinski definition) is 1. The Morgan fingerprint density at radius 2 is 1.96 bits per heavy atom. The maximum Gasteiger partial charge on any atom is 0.231 e. The molecule has 4 nitrogen and oxygen atoms in total. The first kappa shape index (κ1) is 16.4. The summed E-state index contributed by atoms with van der Waals surface area (Å²) < 4.78 is 0. The Labute approximate surface area is 142 Å². The predicted molar refractivity (Wildman–Crippen MR) is 94.0 cm³/mol. The molecule has 1 saturated carbocycles. The maximum absolute atomic E-state index is 12.6. The molecular formula is C20H22N2O2. The summed E-state index contributed by atoms with van der Waals surface area (Å²) in [5, 5.41) is 2.86. The summed E-state index contributed by atoms with van der Waals surface area (Å²) in [5.74, 6) is -0.0657. The highest BCUT2D eigenvalue weighted by Crippen LogP contribution is 2.29. The van der Waals surface area contributed by atoms with Crippen molar-refractivity contribution in [2.24, 2.45) is 5.92 Å². The molecule has 1 amide bonds. The van der Waals surface area contributed by atoms with E-state index >= 15 is 0 Å². The fourth-order valence-electron chi connectivity index (χ4n) is 3.22. The van der Waals surface area contributed by atoms with E-state index in [0.29, 0.717) is 5.69 Å². The first-order valence-corrected chi connectivity index (χ1v) is 8.50. The second-order valence-corrected chi connectivity index (χ2v) is 6.42. The van der Waals surface area contributed by atoms with Crippen molar-refractivity contribution in [3.63, 3.8) is 0 Å². The van der Waals surface area contributed by atoms with Gasteiger partial charge in [0.05, 0.1) is 17.8 Å². The highest BCUT2D eigenvalue weighted by Gasteiger charge is 2.24. The van der Waals surface area contributed by atoms with Gasteiger partial charge in [-0.05, 0) is 43.5 Å². The van der Waals surface area contributed by atoms with Crippen molar-refractivity contribution in [3.05, 3.63) is 59.9 Å². The van der Waals surface area contributed by atoms with Crippen LogP contribution in [-0.4, -0.2) is 16.7 Å². The van der Waals surface area contributed by atoms with Gasteiger partial charge in [-0.1, -0.05) is 31.0 Å². The van der Waals surface area contributed by atoms with Crippen molar-refractivity contribution >= 4 is 17.4 Å². The van der Waals surface area contributed by atoms with E-state index < -0.39 is 0 Å². The molecular weight excluding hydrogens is 300 g/mol. The van der Waals surface area contributed by atoms with Gasteiger partial charge in [0.25, 0.3) is 0 Å². The van der Waals surface area contributed by atoms with Gasteiger partial charge in [0.2, 0.25) is 5.91 Å². The lowest BCUT2D eigenvalue weighted by Crippen LogP contribution is -2.19. The Balaban J connectivity index is 1.72. The van der Waals surface area contributed by atoms with Gasteiger partial charge in [-0.25, -0.2) is 0 Å². The number of pyridine rings is 1. The minimum absolute atomic E-state index is 0.103. The minimum atomic E-state index is -0.332. The Morgan fingerprint density at radius 1 is 1.17 bits per heavy atom. The molecule has 0 spiro atoms. The minimum Gasteiger partial charge on any atom is -0.324 e. The van der Waals surface area contributed by atoms with Gasteiger partial charge in [0.15, 0.2) is 5.78 Å². The number of nitrogens with one attached hydrogen (secondary N) is 1. The number of aromatic nitrogens is 1. The lowest BCUT2D eigenvalue weighted by atomic mass is 9.92. The number of benzene rings is 1. The van der Waals surface area contributed by atoms with E-state index in [1.54, 1.807) is 24.5 Å². The predicted octanol–water partition coefficient (Wildman–Crippen LogP) is 4.20. The number of ketones is 1. The van der Waals surface area contributed by atoms with Crippen LogP contribution in [0.4, 0.5) is 5.69 Å². The molecule has 1 fully saturated rings. The van der Waals surface area contributed by atoms with Crippen LogP contribution in [0.3, 0.4) is 0 Å². The molecule has 0 saturated heterocycles. The molecule has 1 atom stereocenters. The van der Waals surface area contributed by atoms with Gasteiger partial charge in [0, 0.05) is 17.7 Å². The van der Waals surface area contributed by atoms with Crippen molar-refractivity contribution in [2.45, 2.75) is 38.5 Å². The van der Waals surface area contributed by atoms with Crippen LogP contribution in [0.1, 0.15) is 54.4 Å². The molecule has 3 rings (SSSR count). The summed E-state index contributed by atoms with van der Waals surface area (Å²) in [6.07, 6.45) is 7.53. The zero-order valence-corrected chi connectivity index (χ0v) is 13.9. The Bertz CT molecular complexity index is 721. The van der Waals surface area contributed by atoms with Crippen LogP contribution in [0.25, 0.3) is 0 Å². The summed E-state index contributed by atoms with van der Waals surface area (Å²) in [5.41, 5.74) is 2.26. The fourth-order valence-corrected chi connectivity index (χ4v) is 3.22. The van der Waals surface area contributed by atoms with E-state index in [9.17, 15) is 9.59 Å². The normalized spacial score (nSPS) is 15.9. The van der Waals surface area contributed by atoms with E-state index in [4.69, 9.17) is 0 Å². The summed E-state index contributed by atoms with van der Waals surface area (Å²) in [6.45, 7) is 1.85. The lowest BCUT2D eigenvalue weighted by molar-refractivity contribution is -0.117. The Kier molecular flexibility index (Phi) is 5.04. The number of amides is 1. The molecule has 4 heteroatoms. The molecule has 1 heterocycles. The van der Waals surface area contributed by atoms with E-state index in [2.05, 4.69) is 10.3 Å². The summed E-state index contributed by atoms with van der Waals surface area (Å²) >= 11 is 0. The summed E-state index contributed by atoms with van der Waals surface area (Å²) in [7, 11) is 0. The molecule has 24 heavy (non-hydrogen) atoms. The number of carbonyl (C=O) groups excluding carboxylic acids is 2. The second kappa shape index (κ2) is 7.39. The zero-order chi connectivity index (χ0) is 16.9. The molecule has 2 aromatic rings. The molecule has 1 aliphatic rings. The van der Waals surface area contributed by atoms with E-state index in [-0.39, 0.29) is 23.5 Å². The Hall–Kier alpha value is -2.49. The highest BCUT2D eigenvalue weighted by molar-refractivity contribution is 5.99. The zero-order valence-electron chi connectivity index (χ0n) is 13.9. The fraction of sp³-hybridized carbons (Fsp3) is 0.350. The monoisotopic (exact) mass is 322 g/mol. The van der Waals surface area contributed by atoms with E-state index in [1.807, 2.05) is 31.2 Å². The molecule has 0 aliphatic heterocycles. The molecule has 124 valence electrons. The number of nitrogens with zero attached hydrogens (tertiary/aromatic N) is 1. The van der Waals surface area contributed by atoms with Crippen molar-refractivity contribution < 1.29 is 9.59 Å². The van der Waals surface area contributed by atoms with Gasteiger partial charge in [0.1, 0.15) is 0 Å². The van der Waals surface area contributed by atoms with Gasteiger partial charge >= 0.3 is 0 Å². The topological polar surface area (TPSA) is 59.1 Å². The lowest BCUT2D eigenvalue weighted by Gasteiger charge is -2.14. The van der Waals surface area contributed by atoms with Crippen LogP contribution >= 0.6 is 0 Å². The average molecular weight is 322 g/mol. The number of carbonyl (C=O) groups is 2. The first-order chi connectivity index (χ1) is 11.6. The molecule has 1 aliphatic carbocycles. The second-order valence-electron chi connectivity index (χ2n) is 6.42. The van der Waals surface area contributed by atoms with Crippen LogP contribution in [0.2, 0.25) is 0 Å². The maximum atomic E-state index is 12.6. The van der Waals surface area contributed by atoms with Gasteiger partial charge in [-0.2, -0.15) is 0 Å². The van der Waals surface area contributed by atoms with Crippen LogP contribution in [0.15, 0.2) is 48.8 Å². The van der Waals surface area contributed by atoms with Crippen LogP contribution in [-0.2, 0) is 4.79 Å². The van der Waals surface area contributed by atoms with Crippen molar-refractivity contribution in [3.8, 4) is 0 Å². The molecule has 1 unspecified atom stereocenters. The SMILES string of the molecule is CC(C(=O)Nc1cccnc1)c1cccc(C(=O)C2CCCC2)c1. The van der Waals surface area contributed by atoms with E-state index in [0.717, 1.165) is 36.8 Å². The van der Waals surface area contributed by atoms with Crippen molar-refractivity contribution in [1.29, 1.82) is 0 Å². The van der Waals surface area contributed by atoms with Crippen molar-refractivity contribution in [1.82, 2.24) is 4.98 Å². The van der Waals surface area contributed by atoms with Crippen molar-refractivity contribution in [2.75, 3.05) is 5.32 Å². The molecule has 0 bridgehead atoms. The number of hydrogen-bond acceptors (Lipinski definition) is 3. The quantitative estimate of drug-likeness (QED) is 0.839. The third-order valence-electron chi connectivity index (χ3n) is 4.72. The van der Waals surface area contributed by atoms with Gasteiger partial charge < -0.3 is 5.32 Å². The molecule has 1 aromatic heterocycles.